The lowest BCUT2D eigenvalue weighted by Crippen LogP contribution is -2.26. The van der Waals surface area contributed by atoms with Gasteiger partial charge in [-0.2, -0.15) is 0 Å². The van der Waals surface area contributed by atoms with E-state index < -0.39 is 0 Å². The average Bonchev–Trinajstić information content (AvgIpc) is 3.48. The Morgan fingerprint density at radius 3 is 2.76 bits per heavy atom. The van der Waals surface area contributed by atoms with Crippen LogP contribution in [0, 0.1) is 6.92 Å². The van der Waals surface area contributed by atoms with E-state index in [1.807, 2.05) is 47.8 Å². The van der Waals surface area contributed by atoms with E-state index in [9.17, 15) is 4.79 Å². The Balaban J connectivity index is 1.59. The minimum atomic E-state index is -0.264. The zero-order valence-electron chi connectivity index (χ0n) is 18.4. The van der Waals surface area contributed by atoms with Crippen LogP contribution in [0.4, 0.5) is 10.8 Å². The van der Waals surface area contributed by atoms with Crippen LogP contribution in [0.1, 0.15) is 21.9 Å². The van der Waals surface area contributed by atoms with Gasteiger partial charge in [0, 0.05) is 35.3 Å². The number of carbonyl (C=O) groups is 1. The number of nitrogens with one attached hydrogen (secondary N) is 1. The number of benzene rings is 2. The third-order valence-electron chi connectivity index (χ3n) is 4.97. The predicted octanol–water partition coefficient (Wildman–Crippen LogP) is 6.08. The molecule has 0 aliphatic heterocycles. The van der Waals surface area contributed by atoms with E-state index in [0.29, 0.717) is 30.5 Å². The summed E-state index contributed by atoms with van der Waals surface area (Å²) < 4.78 is 10.8. The van der Waals surface area contributed by atoms with Gasteiger partial charge in [0.1, 0.15) is 5.76 Å². The lowest BCUT2D eigenvalue weighted by Gasteiger charge is -2.21. The molecule has 6 nitrogen and oxygen atoms in total. The van der Waals surface area contributed by atoms with Crippen molar-refractivity contribution in [1.82, 2.24) is 10.3 Å². The van der Waals surface area contributed by atoms with Crippen LogP contribution in [0.3, 0.4) is 0 Å². The third-order valence-corrected chi connectivity index (χ3v) is 6.08. The topological polar surface area (TPSA) is 67.6 Å². The molecule has 0 atom stereocenters. The fourth-order valence-electron chi connectivity index (χ4n) is 3.30. The van der Waals surface area contributed by atoms with Crippen molar-refractivity contribution in [3.8, 4) is 11.3 Å². The van der Waals surface area contributed by atoms with Crippen molar-refractivity contribution in [3.63, 3.8) is 0 Å². The number of furan rings is 1. The summed E-state index contributed by atoms with van der Waals surface area (Å²) in [5.74, 6) is 0.669. The molecular formula is C25H24ClN3O3S. The molecule has 1 amide bonds. The van der Waals surface area contributed by atoms with Gasteiger partial charge in [0.15, 0.2) is 10.9 Å². The number of hydrogen-bond acceptors (Lipinski definition) is 6. The number of aromatic nitrogens is 1. The van der Waals surface area contributed by atoms with E-state index in [-0.39, 0.29) is 11.7 Å². The van der Waals surface area contributed by atoms with Crippen molar-refractivity contribution in [1.29, 1.82) is 0 Å². The molecule has 8 heteroatoms. The van der Waals surface area contributed by atoms with Crippen LogP contribution in [0.5, 0.6) is 0 Å². The standard InChI is InChI=1S/C25H24ClN3O3S/c1-17-4-3-5-20(14-17)29(15-21-10-11-23(32-21)24(30)27-12-13-31-2)25-28-22(16-33-25)18-6-8-19(26)9-7-18/h3-11,14,16H,12-13,15H2,1-2H3,(H,27,30). The zero-order chi connectivity index (χ0) is 23.2. The molecule has 33 heavy (non-hydrogen) atoms. The van der Waals surface area contributed by atoms with Gasteiger partial charge in [-0.15, -0.1) is 11.3 Å². The van der Waals surface area contributed by atoms with E-state index in [1.54, 1.807) is 24.5 Å². The maximum atomic E-state index is 12.3. The maximum absolute atomic E-state index is 12.3. The van der Waals surface area contributed by atoms with Gasteiger partial charge >= 0.3 is 0 Å². The summed E-state index contributed by atoms with van der Waals surface area (Å²) in [6.45, 7) is 3.36. The Kier molecular flexibility index (Phi) is 7.44. The number of anilines is 2. The van der Waals surface area contributed by atoms with Crippen LogP contribution in [0.25, 0.3) is 11.3 Å². The quantitative estimate of drug-likeness (QED) is 0.293. The maximum Gasteiger partial charge on any atom is 0.287 e. The number of rotatable bonds is 9. The number of methoxy groups -OCH3 is 1. The van der Waals surface area contributed by atoms with Crippen LogP contribution < -0.4 is 10.2 Å². The highest BCUT2D eigenvalue weighted by atomic mass is 35.5. The van der Waals surface area contributed by atoms with Crippen molar-refractivity contribution in [2.24, 2.45) is 0 Å². The summed E-state index contributed by atoms with van der Waals surface area (Å²) in [6, 6.07) is 19.3. The number of hydrogen-bond donors (Lipinski definition) is 1. The Hall–Kier alpha value is -3.13. The first-order valence-corrected chi connectivity index (χ1v) is 11.7. The molecule has 0 saturated carbocycles. The van der Waals surface area contributed by atoms with Crippen molar-refractivity contribution < 1.29 is 13.9 Å². The van der Waals surface area contributed by atoms with E-state index in [0.717, 1.165) is 27.6 Å². The molecule has 0 unspecified atom stereocenters. The number of aryl methyl sites for hydroxylation is 1. The van der Waals surface area contributed by atoms with Gasteiger partial charge in [0.25, 0.3) is 5.91 Å². The second-order valence-corrected chi connectivity index (χ2v) is 8.74. The number of nitrogens with zero attached hydrogens (tertiary/aromatic N) is 2. The Labute approximate surface area is 201 Å². The smallest absolute Gasteiger partial charge is 0.287 e. The second-order valence-electron chi connectivity index (χ2n) is 7.46. The fraction of sp³-hybridized carbons (Fsp3) is 0.200. The molecule has 2 aromatic carbocycles. The van der Waals surface area contributed by atoms with Crippen LogP contribution in [0.15, 0.2) is 70.5 Å². The number of ether oxygens (including phenoxy) is 1. The SMILES string of the molecule is COCCNC(=O)c1ccc(CN(c2cccc(C)c2)c2nc(-c3ccc(Cl)cc3)cs2)o1. The summed E-state index contributed by atoms with van der Waals surface area (Å²) in [5.41, 5.74) is 4.01. The molecule has 0 aliphatic carbocycles. The molecule has 0 aliphatic rings. The van der Waals surface area contributed by atoms with E-state index in [4.69, 9.17) is 25.7 Å². The number of halogens is 1. The monoisotopic (exact) mass is 481 g/mol. The molecule has 0 saturated heterocycles. The highest BCUT2D eigenvalue weighted by molar-refractivity contribution is 7.14. The van der Waals surface area contributed by atoms with Crippen LogP contribution >= 0.6 is 22.9 Å². The molecule has 0 bridgehead atoms. The molecule has 1 N–H and O–H groups in total. The molecular weight excluding hydrogens is 458 g/mol. The van der Waals surface area contributed by atoms with E-state index in [1.165, 1.54) is 0 Å². The highest BCUT2D eigenvalue weighted by Gasteiger charge is 2.18. The number of amides is 1. The van der Waals surface area contributed by atoms with Gasteiger partial charge in [0.2, 0.25) is 0 Å². The first-order valence-electron chi connectivity index (χ1n) is 10.4. The van der Waals surface area contributed by atoms with Gasteiger partial charge in [-0.25, -0.2) is 4.98 Å². The van der Waals surface area contributed by atoms with Gasteiger partial charge in [-0.1, -0.05) is 35.9 Å². The summed E-state index contributed by atoms with van der Waals surface area (Å²) in [5, 5.41) is 6.31. The van der Waals surface area contributed by atoms with Crippen molar-refractivity contribution in [2.75, 3.05) is 25.2 Å². The second kappa shape index (κ2) is 10.7. The molecule has 4 rings (SSSR count). The summed E-state index contributed by atoms with van der Waals surface area (Å²) in [7, 11) is 1.59. The first kappa shape index (κ1) is 23.0. The van der Waals surface area contributed by atoms with E-state index in [2.05, 4.69) is 29.3 Å². The third kappa shape index (κ3) is 5.82. The zero-order valence-corrected chi connectivity index (χ0v) is 19.9. The van der Waals surface area contributed by atoms with Gasteiger partial charge in [0.05, 0.1) is 18.8 Å². The Morgan fingerprint density at radius 2 is 2.00 bits per heavy atom. The number of carbonyl (C=O) groups excluding carboxylic acids is 1. The van der Waals surface area contributed by atoms with Crippen molar-refractivity contribution in [3.05, 3.63) is 88.2 Å². The minimum absolute atomic E-state index is 0.264. The van der Waals surface area contributed by atoms with Gasteiger partial charge in [-0.05, 0) is 48.9 Å². The lowest BCUT2D eigenvalue weighted by atomic mass is 10.2. The van der Waals surface area contributed by atoms with Crippen LogP contribution in [-0.2, 0) is 11.3 Å². The fourth-order valence-corrected chi connectivity index (χ4v) is 4.28. The summed E-state index contributed by atoms with van der Waals surface area (Å²) in [4.78, 5) is 19.3. The van der Waals surface area contributed by atoms with Crippen molar-refractivity contribution >= 4 is 39.7 Å². The Bertz CT molecular complexity index is 1220. The molecule has 170 valence electrons. The van der Waals surface area contributed by atoms with Crippen LogP contribution in [0.2, 0.25) is 5.02 Å². The van der Waals surface area contributed by atoms with Crippen LogP contribution in [-0.4, -0.2) is 31.2 Å². The molecule has 0 spiro atoms. The van der Waals surface area contributed by atoms with Crippen molar-refractivity contribution in [2.45, 2.75) is 13.5 Å². The number of thiazole rings is 1. The highest BCUT2D eigenvalue weighted by Crippen LogP contribution is 2.34. The van der Waals surface area contributed by atoms with Gasteiger partial charge in [-0.3, -0.25) is 4.79 Å². The average molecular weight is 482 g/mol. The molecule has 2 aromatic heterocycles. The predicted molar refractivity (Wildman–Crippen MR) is 132 cm³/mol. The normalized spacial score (nSPS) is 10.9. The Morgan fingerprint density at radius 1 is 1.18 bits per heavy atom. The largest absolute Gasteiger partial charge is 0.454 e. The van der Waals surface area contributed by atoms with Gasteiger partial charge < -0.3 is 19.4 Å². The molecule has 0 fully saturated rings. The first-order chi connectivity index (χ1) is 16.0. The lowest BCUT2D eigenvalue weighted by molar-refractivity contribution is 0.0908. The summed E-state index contributed by atoms with van der Waals surface area (Å²) >= 11 is 7.58. The van der Waals surface area contributed by atoms with E-state index >= 15 is 0 Å². The molecule has 2 heterocycles. The minimum Gasteiger partial charge on any atom is -0.454 e. The molecule has 0 radical (unpaired) electrons. The summed E-state index contributed by atoms with van der Waals surface area (Å²) in [6.07, 6.45) is 0. The molecule has 4 aromatic rings.